The van der Waals surface area contributed by atoms with Gasteiger partial charge in [0.25, 0.3) is 0 Å². The van der Waals surface area contributed by atoms with Crippen LogP contribution in [0.25, 0.3) is 0 Å². The average molecular weight is 339 g/mol. The first-order chi connectivity index (χ1) is 7.52. The molecule has 1 rings (SSSR count). The Labute approximate surface area is 112 Å². The first-order valence-electron chi connectivity index (χ1n) is 6.01. The standard InChI is InChI=1S/C12H22INO2/c1-5-10-6-7-11(13)14(10)12(15)8(2)9(3)16-4/h8-11H,5-7H2,1-4H3/t8?,9?,10?,11-/m0/s1. The zero-order valence-electron chi connectivity index (χ0n) is 10.6. The minimum Gasteiger partial charge on any atom is -0.381 e. The van der Waals surface area contributed by atoms with Gasteiger partial charge in [-0.1, -0.05) is 36.4 Å². The van der Waals surface area contributed by atoms with E-state index in [0.717, 1.165) is 19.3 Å². The SMILES string of the molecule is CCC1CC[C@@H](I)N1C(=O)C(C)C(C)OC. The van der Waals surface area contributed by atoms with Crippen LogP contribution in [0.5, 0.6) is 0 Å². The highest BCUT2D eigenvalue weighted by Crippen LogP contribution is 2.32. The topological polar surface area (TPSA) is 29.5 Å². The molecule has 16 heavy (non-hydrogen) atoms. The van der Waals surface area contributed by atoms with Crippen molar-refractivity contribution in [3.8, 4) is 0 Å². The number of rotatable bonds is 4. The normalized spacial score (nSPS) is 29.2. The predicted molar refractivity (Wildman–Crippen MR) is 73.6 cm³/mol. The molecule has 0 aliphatic carbocycles. The molecule has 0 aromatic carbocycles. The van der Waals surface area contributed by atoms with Crippen molar-refractivity contribution >= 4 is 28.5 Å². The van der Waals surface area contributed by atoms with Gasteiger partial charge < -0.3 is 9.64 Å². The summed E-state index contributed by atoms with van der Waals surface area (Å²) in [6.07, 6.45) is 3.32. The quantitative estimate of drug-likeness (QED) is 0.448. The molecule has 0 spiro atoms. The zero-order chi connectivity index (χ0) is 12.3. The molecule has 94 valence electrons. The number of carbonyl (C=O) groups excluding carboxylic acids is 1. The van der Waals surface area contributed by atoms with Gasteiger partial charge in [-0.15, -0.1) is 0 Å². The van der Waals surface area contributed by atoms with E-state index in [0.29, 0.717) is 10.1 Å². The maximum Gasteiger partial charge on any atom is 0.229 e. The molecular weight excluding hydrogens is 317 g/mol. The number of ether oxygens (including phenoxy) is 1. The van der Waals surface area contributed by atoms with E-state index in [1.807, 2.05) is 13.8 Å². The Hall–Kier alpha value is 0.160. The third-order valence-electron chi connectivity index (χ3n) is 3.62. The molecule has 0 saturated carbocycles. The summed E-state index contributed by atoms with van der Waals surface area (Å²) in [5.41, 5.74) is 0. The van der Waals surface area contributed by atoms with Crippen LogP contribution in [0.3, 0.4) is 0 Å². The van der Waals surface area contributed by atoms with Crippen molar-refractivity contribution in [1.29, 1.82) is 0 Å². The van der Waals surface area contributed by atoms with Gasteiger partial charge in [0.1, 0.15) is 0 Å². The van der Waals surface area contributed by atoms with Gasteiger partial charge in [0, 0.05) is 13.2 Å². The second-order valence-electron chi connectivity index (χ2n) is 4.55. The highest BCUT2D eigenvalue weighted by molar-refractivity contribution is 14.1. The number of methoxy groups -OCH3 is 1. The second kappa shape index (κ2) is 6.19. The molecule has 0 N–H and O–H groups in total. The summed E-state index contributed by atoms with van der Waals surface area (Å²) in [4.78, 5) is 14.4. The lowest BCUT2D eigenvalue weighted by molar-refractivity contribution is -0.140. The highest BCUT2D eigenvalue weighted by Gasteiger charge is 2.37. The fraction of sp³-hybridized carbons (Fsp3) is 0.917. The first-order valence-corrected chi connectivity index (χ1v) is 7.26. The first kappa shape index (κ1) is 14.2. The number of halogens is 1. The van der Waals surface area contributed by atoms with Crippen molar-refractivity contribution in [1.82, 2.24) is 4.90 Å². The average Bonchev–Trinajstić information content (AvgIpc) is 2.67. The van der Waals surface area contributed by atoms with Crippen LogP contribution < -0.4 is 0 Å². The molecule has 1 amide bonds. The van der Waals surface area contributed by atoms with E-state index in [-0.39, 0.29) is 17.9 Å². The Kier molecular flexibility index (Phi) is 5.50. The van der Waals surface area contributed by atoms with Gasteiger partial charge in [-0.2, -0.15) is 0 Å². The van der Waals surface area contributed by atoms with Gasteiger partial charge in [0.2, 0.25) is 5.91 Å². The molecule has 1 heterocycles. The van der Waals surface area contributed by atoms with Crippen LogP contribution in [0.1, 0.15) is 40.0 Å². The smallest absolute Gasteiger partial charge is 0.229 e. The van der Waals surface area contributed by atoms with Gasteiger partial charge in [-0.05, 0) is 26.2 Å². The molecule has 0 aromatic heterocycles. The molecule has 1 saturated heterocycles. The summed E-state index contributed by atoms with van der Waals surface area (Å²) in [6, 6.07) is 0.431. The van der Waals surface area contributed by atoms with E-state index in [1.54, 1.807) is 7.11 Å². The highest BCUT2D eigenvalue weighted by atomic mass is 127. The van der Waals surface area contributed by atoms with Crippen molar-refractivity contribution < 1.29 is 9.53 Å². The Balaban J connectivity index is 2.71. The largest absolute Gasteiger partial charge is 0.381 e. The predicted octanol–water partition coefficient (Wildman–Crippen LogP) is 2.82. The Morgan fingerprint density at radius 3 is 2.62 bits per heavy atom. The summed E-state index contributed by atoms with van der Waals surface area (Å²) >= 11 is 2.38. The number of carbonyl (C=O) groups is 1. The Bertz CT molecular complexity index is 247. The minimum absolute atomic E-state index is 0.00536. The lowest BCUT2D eigenvalue weighted by Gasteiger charge is -2.31. The van der Waals surface area contributed by atoms with Gasteiger partial charge >= 0.3 is 0 Å². The van der Waals surface area contributed by atoms with Crippen LogP contribution in [0.4, 0.5) is 0 Å². The molecule has 1 aliphatic heterocycles. The molecule has 3 nitrogen and oxygen atoms in total. The number of likely N-dealkylation sites (tertiary alicyclic amines) is 1. The number of alkyl halides is 1. The number of hydrogen-bond donors (Lipinski definition) is 0. The van der Waals surface area contributed by atoms with E-state index in [4.69, 9.17) is 4.74 Å². The summed E-state index contributed by atoms with van der Waals surface area (Å²) in [5, 5.41) is 0. The van der Waals surface area contributed by atoms with Crippen LogP contribution in [-0.4, -0.2) is 34.1 Å². The van der Waals surface area contributed by atoms with Crippen molar-refractivity contribution in [2.45, 2.75) is 56.2 Å². The van der Waals surface area contributed by atoms with Crippen molar-refractivity contribution in [2.24, 2.45) is 5.92 Å². The molecule has 1 aliphatic rings. The fourth-order valence-electron chi connectivity index (χ4n) is 2.20. The lowest BCUT2D eigenvalue weighted by atomic mass is 10.0. The summed E-state index contributed by atoms with van der Waals surface area (Å²) < 4.78 is 5.61. The fourth-order valence-corrected chi connectivity index (χ4v) is 3.28. The Morgan fingerprint density at radius 1 is 1.50 bits per heavy atom. The van der Waals surface area contributed by atoms with E-state index < -0.39 is 0 Å². The number of nitrogens with zero attached hydrogens (tertiary/aromatic N) is 1. The molecule has 0 aromatic rings. The summed E-state index contributed by atoms with van der Waals surface area (Å²) in [5.74, 6) is 0.201. The molecule has 4 heteroatoms. The van der Waals surface area contributed by atoms with Crippen molar-refractivity contribution in [2.75, 3.05) is 7.11 Å². The molecular formula is C12H22INO2. The molecule has 0 radical (unpaired) electrons. The van der Waals surface area contributed by atoms with Gasteiger partial charge in [-0.25, -0.2) is 0 Å². The van der Waals surface area contributed by atoms with Gasteiger partial charge in [-0.3, -0.25) is 4.79 Å². The number of hydrogen-bond acceptors (Lipinski definition) is 2. The minimum atomic E-state index is -0.0468. The summed E-state index contributed by atoms with van der Waals surface area (Å²) in [7, 11) is 1.66. The van der Waals surface area contributed by atoms with Crippen LogP contribution in [0, 0.1) is 5.92 Å². The van der Waals surface area contributed by atoms with E-state index in [1.165, 1.54) is 0 Å². The van der Waals surface area contributed by atoms with Gasteiger partial charge in [0.15, 0.2) is 0 Å². The van der Waals surface area contributed by atoms with Crippen molar-refractivity contribution in [3.63, 3.8) is 0 Å². The lowest BCUT2D eigenvalue weighted by Crippen LogP contribution is -2.44. The van der Waals surface area contributed by atoms with Gasteiger partial charge in [0.05, 0.1) is 16.1 Å². The Morgan fingerprint density at radius 2 is 2.12 bits per heavy atom. The van der Waals surface area contributed by atoms with E-state index >= 15 is 0 Å². The zero-order valence-corrected chi connectivity index (χ0v) is 12.7. The van der Waals surface area contributed by atoms with Crippen molar-refractivity contribution in [3.05, 3.63) is 0 Å². The van der Waals surface area contributed by atoms with Crippen LogP contribution in [0.15, 0.2) is 0 Å². The van der Waals surface area contributed by atoms with Crippen LogP contribution in [0.2, 0.25) is 0 Å². The molecule has 1 fully saturated rings. The third-order valence-corrected chi connectivity index (χ3v) is 4.85. The third kappa shape index (κ3) is 2.88. The molecule has 3 unspecified atom stereocenters. The maximum atomic E-state index is 12.4. The van der Waals surface area contributed by atoms with Crippen LogP contribution >= 0.6 is 22.6 Å². The van der Waals surface area contributed by atoms with E-state index in [9.17, 15) is 4.79 Å². The number of amides is 1. The molecule has 4 atom stereocenters. The summed E-state index contributed by atoms with van der Waals surface area (Å²) in [6.45, 7) is 6.08. The molecule has 0 bridgehead atoms. The monoisotopic (exact) mass is 339 g/mol. The maximum absolute atomic E-state index is 12.4. The second-order valence-corrected chi connectivity index (χ2v) is 5.99. The van der Waals surface area contributed by atoms with Crippen LogP contribution in [-0.2, 0) is 9.53 Å². The van der Waals surface area contributed by atoms with E-state index in [2.05, 4.69) is 34.4 Å².